The molecule has 0 spiro atoms. The number of fused-ring (bicyclic) bond motifs is 1. The number of aromatic nitrogens is 1. The molecule has 164 valence electrons. The van der Waals surface area contributed by atoms with Crippen LogP contribution in [0.2, 0.25) is 0 Å². The van der Waals surface area contributed by atoms with E-state index in [1.807, 2.05) is 47.9 Å². The van der Waals surface area contributed by atoms with Gasteiger partial charge in [0.25, 0.3) is 5.56 Å². The molecule has 0 bridgehead atoms. The summed E-state index contributed by atoms with van der Waals surface area (Å²) in [6, 6.07) is 10.8. The van der Waals surface area contributed by atoms with E-state index in [4.69, 9.17) is 9.47 Å². The predicted octanol–water partition coefficient (Wildman–Crippen LogP) is 3.42. The molecule has 0 N–H and O–H groups in total. The fourth-order valence-electron chi connectivity index (χ4n) is 3.47. The third-order valence-corrected chi connectivity index (χ3v) is 6.78. The number of carbonyl (C=O) groups excluding carboxylic acids is 1. The average Bonchev–Trinajstić information content (AvgIpc) is 3.41. The second kappa shape index (κ2) is 9.50. The Bertz CT molecular complexity index is 1350. The van der Waals surface area contributed by atoms with Crippen molar-refractivity contribution in [2.75, 3.05) is 13.2 Å². The number of thiazole rings is 1. The molecule has 0 saturated carbocycles. The smallest absolute Gasteiger partial charge is 0.338 e. The van der Waals surface area contributed by atoms with Crippen LogP contribution in [0, 0.1) is 0 Å². The van der Waals surface area contributed by atoms with Crippen LogP contribution < -0.4 is 19.6 Å². The molecular formula is C24H22N2O4S2. The number of allylic oxidation sites excluding steroid dienone is 1. The van der Waals surface area contributed by atoms with Crippen LogP contribution in [-0.2, 0) is 9.53 Å². The molecule has 0 radical (unpaired) electrons. The Labute approximate surface area is 193 Å². The van der Waals surface area contributed by atoms with Gasteiger partial charge in [0.05, 0.1) is 22.4 Å². The summed E-state index contributed by atoms with van der Waals surface area (Å²) in [5, 5.41) is 1.93. The lowest BCUT2D eigenvalue weighted by Gasteiger charge is -2.23. The van der Waals surface area contributed by atoms with Crippen LogP contribution in [0.25, 0.3) is 6.08 Å². The Morgan fingerprint density at radius 2 is 2.06 bits per heavy atom. The van der Waals surface area contributed by atoms with Gasteiger partial charge < -0.3 is 9.47 Å². The Hall–Kier alpha value is -3.23. The van der Waals surface area contributed by atoms with Gasteiger partial charge in [-0.05, 0) is 49.1 Å². The summed E-state index contributed by atoms with van der Waals surface area (Å²) >= 11 is 2.80. The molecule has 32 heavy (non-hydrogen) atoms. The normalized spacial score (nSPS) is 15.8. The molecule has 4 rings (SSSR count). The highest BCUT2D eigenvalue weighted by Gasteiger charge is 2.33. The van der Waals surface area contributed by atoms with Gasteiger partial charge in [-0.15, -0.1) is 11.3 Å². The van der Waals surface area contributed by atoms with Crippen molar-refractivity contribution in [3.05, 3.63) is 95.8 Å². The number of hydrogen-bond acceptors (Lipinski definition) is 7. The largest absolute Gasteiger partial charge is 0.490 e. The van der Waals surface area contributed by atoms with Gasteiger partial charge >= 0.3 is 5.97 Å². The van der Waals surface area contributed by atoms with Crippen molar-refractivity contribution in [3.63, 3.8) is 0 Å². The molecule has 1 aliphatic heterocycles. The molecule has 3 aromatic rings. The minimum absolute atomic E-state index is 0.187. The molecule has 0 fully saturated rings. The molecule has 6 nitrogen and oxygen atoms in total. The van der Waals surface area contributed by atoms with E-state index in [2.05, 4.69) is 11.6 Å². The van der Waals surface area contributed by atoms with Crippen LogP contribution in [-0.4, -0.2) is 23.8 Å². The van der Waals surface area contributed by atoms with Crippen molar-refractivity contribution in [1.82, 2.24) is 4.57 Å². The summed E-state index contributed by atoms with van der Waals surface area (Å²) in [5.74, 6) is 0.285. The van der Waals surface area contributed by atoms with E-state index in [9.17, 15) is 9.59 Å². The number of benzene rings is 1. The summed E-state index contributed by atoms with van der Waals surface area (Å²) in [7, 11) is 0. The van der Waals surface area contributed by atoms with Crippen molar-refractivity contribution >= 4 is 34.7 Å². The van der Waals surface area contributed by atoms with Crippen molar-refractivity contribution < 1.29 is 14.3 Å². The summed E-state index contributed by atoms with van der Waals surface area (Å²) in [6.07, 6.45) is 3.52. The van der Waals surface area contributed by atoms with Gasteiger partial charge in [0, 0.05) is 4.88 Å². The number of esters is 1. The van der Waals surface area contributed by atoms with Gasteiger partial charge in [-0.2, -0.15) is 0 Å². The summed E-state index contributed by atoms with van der Waals surface area (Å²) in [6.45, 7) is 7.87. The van der Waals surface area contributed by atoms with Crippen LogP contribution in [0.5, 0.6) is 5.75 Å². The zero-order valence-corrected chi connectivity index (χ0v) is 19.4. The first-order valence-electron chi connectivity index (χ1n) is 10.1. The van der Waals surface area contributed by atoms with Crippen molar-refractivity contribution in [2.24, 2.45) is 4.99 Å². The lowest BCUT2D eigenvalue weighted by Crippen LogP contribution is -2.39. The second-order valence-electron chi connectivity index (χ2n) is 6.99. The van der Waals surface area contributed by atoms with Crippen LogP contribution in [0.15, 0.2) is 75.5 Å². The van der Waals surface area contributed by atoms with E-state index in [0.717, 1.165) is 16.2 Å². The zero-order valence-electron chi connectivity index (χ0n) is 17.7. The van der Waals surface area contributed by atoms with E-state index >= 15 is 0 Å². The maximum absolute atomic E-state index is 13.4. The monoisotopic (exact) mass is 466 g/mol. The number of hydrogen-bond donors (Lipinski definition) is 0. The molecule has 1 atom stereocenters. The lowest BCUT2D eigenvalue weighted by molar-refractivity contribution is -0.139. The fraction of sp³-hybridized carbons (Fsp3) is 0.208. The summed E-state index contributed by atoms with van der Waals surface area (Å²) in [5.41, 5.74) is 1.65. The zero-order chi connectivity index (χ0) is 22.7. The molecule has 1 aromatic carbocycles. The average molecular weight is 467 g/mol. The van der Waals surface area contributed by atoms with Gasteiger partial charge in [-0.1, -0.05) is 42.2 Å². The molecule has 0 unspecified atom stereocenters. The van der Waals surface area contributed by atoms with E-state index in [-0.39, 0.29) is 12.2 Å². The number of carbonyl (C=O) groups is 1. The van der Waals surface area contributed by atoms with Crippen LogP contribution in [0.3, 0.4) is 0 Å². The number of ether oxygens (including phenoxy) is 2. The van der Waals surface area contributed by atoms with Gasteiger partial charge in [0.1, 0.15) is 18.4 Å². The molecule has 0 amide bonds. The Morgan fingerprint density at radius 3 is 2.72 bits per heavy atom. The molecule has 0 saturated heterocycles. The van der Waals surface area contributed by atoms with Crippen molar-refractivity contribution in [1.29, 1.82) is 0 Å². The van der Waals surface area contributed by atoms with Gasteiger partial charge in [0.2, 0.25) is 0 Å². The minimum Gasteiger partial charge on any atom is -0.490 e. The maximum Gasteiger partial charge on any atom is 0.338 e. The van der Waals surface area contributed by atoms with Crippen LogP contribution in [0.1, 0.15) is 30.3 Å². The molecule has 1 aliphatic rings. The first-order valence-corrected chi connectivity index (χ1v) is 11.8. The minimum atomic E-state index is -0.554. The van der Waals surface area contributed by atoms with E-state index in [0.29, 0.717) is 27.2 Å². The van der Waals surface area contributed by atoms with Gasteiger partial charge in [0.15, 0.2) is 4.80 Å². The first-order chi connectivity index (χ1) is 15.5. The fourth-order valence-corrected chi connectivity index (χ4v) is 5.34. The Kier molecular flexibility index (Phi) is 6.53. The third kappa shape index (κ3) is 4.24. The highest BCUT2D eigenvalue weighted by atomic mass is 32.1. The molecule has 2 aromatic heterocycles. The van der Waals surface area contributed by atoms with Crippen molar-refractivity contribution in [3.8, 4) is 5.75 Å². The predicted molar refractivity (Wildman–Crippen MR) is 127 cm³/mol. The summed E-state index contributed by atoms with van der Waals surface area (Å²) < 4.78 is 12.9. The molecular weight excluding hydrogens is 444 g/mol. The molecule has 3 heterocycles. The van der Waals surface area contributed by atoms with E-state index in [1.165, 1.54) is 22.7 Å². The van der Waals surface area contributed by atoms with Crippen molar-refractivity contribution in [2.45, 2.75) is 19.9 Å². The Balaban J connectivity index is 1.81. The van der Waals surface area contributed by atoms with E-state index < -0.39 is 12.0 Å². The SMILES string of the molecule is C=CCOc1ccc(/C=c2/sc3n(c2=O)[C@@H](c2cccs2)C(C(=O)OCC)=C(C)N=3)cc1. The highest BCUT2D eigenvalue weighted by molar-refractivity contribution is 7.10. The molecule has 8 heteroatoms. The summed E-state index contributed by atoms with van der Waals surface area (Å²) in [4.78, 5) is 32.2. The standard InChI is InChI=1S/C24H22N2O4S2/c1-4-12-30-17-10-8-16(9-11-17)14-19-22(27)26-21(18-7-6-13-31-18)20(23(28)29-5-2)15(3)25-24(26)32-19/h4,6-11,13-14,21H,1,5,12H2,2-3H3/b19-14+/t21-/m0/s1. The lowest BCUT2D eigenvalue weighted by atomic mass is 10.0. The molecule has 0 aliphatic carbocycles. The number of thiophene rings is 1. The van der Waals surface area contributed by atoms with Crippen LogP contribution in [0.4, 0.5) is 0 Å². The number of rotatable bonds is 7. The Morgan fingerprint density at radius 1 is 1.28 bits per heavy atom. The van der Waals surface area contributed by atoms with E-state index in [1.54, 1.807) is 24.5 Å². The topological polar surface area (TPSA) is 69.9 Å². The second-order valence-corrected chi connectivity index (χ2v) is 8.97. The number of nitrogens with zero attached hydrogens (tertiary/aromatic N) is 2. The third-order valence-electron chi connectivity index (χ3n) is 4.88. The van der Waals surface area contributed by atoms with Gasteiger partial charge in [-0.25, -0.2) is 9.79 Å². The van der Waals surface area contributed by atoms with Crippen LogP contribution >= 0.6 is 22.7 Å². The maximum atomic E-state index is 13.4. The highest BCUT2D eigenvalue weighted by Crippen LogP contribution is 2.33. The first kappa shape index (κ1) is 22.0. The quantitative estimate of drug-likeness (QED) is 0.395. The van der Waals surface area contributed by atoms with Gasteiger partial charge in [-0.3, -0.25) is 9.36 Å².